The summed E-state index contributed by atoms with van der Waals surface area (Å²) in [6.45, 7) is 1.52. The number of Topliss-reactive ketones (excluding diaryl/α,β-unsaturated/α-hetero) is 1. The molecule has 5 nitrogen and oxygen atoms in total. The molecular formula is C14H20N2O3. The van der Waals surface area contributed by atoms with Crippen molar-refractivity contribution in [2.45, 2.75) is 25.8 Å². The van der Waals surface area contributed by atoms with Crippen LogP contribution < -0.4 is 11.5 Å². The van der Waals surface area contributed by atoms with Crippen LogP contribution in [-0.2, 0) is 16.0 Å². The van der Waals surface area contributed by atoms with E-state index < -0.39 is 23.2 Å². The third-order valence-corrected chi connectivity index (χ3v) is 3.30. The molecule has 0 amide bonds. The van der Waals surface area contributed by atoms with Gasteiger partial charge in [-0.1, -0.05) is 30.3 Å². The highest BCUT2D eigenvalue weighted by Crippen LogP contribution is 2.24. The second-order valence-corrected chi connectivity index (χ2v) is 4.84. The maximum absolute atomic E-state index is 12.2. The average Bonchev–Trinajstić information content (AvgIpc) is 2.38. The van der Waals surface area contributed by atoms with Crippen LogP contribution in [0.4, 0.5) is 0 Å². The number of carbonyl (C=O) groups is 2. The molecule has 0 heterocycles. The van der Waals surface area contributed by atoms with Crippen LogP contribution in [0.3, 0.4) is 0 Å². The Hall–Kier alpha value is -1.72. The molecule has 0 aliphatic carbocycles. The summed E-state index contributed by atoms with van der Waals surface area (Å²) >= 11 is 0. The van der Waals surface area contributed by atoms with Gasteiger partial charge in [0, 0.05) is 0 Å². The lowest BCUT2D eigenvalue weighted by atomic mass is 9.78. The third kappa shape index (κ3) is 3.62. The van der Waals surface area contributed by atoms with E-state index in [-0.39, 0.29) is 13.0 Å². The topological polar surface area (TPSA) is 106 Å². The number of benzene rings is 1. The Morgan fingerprint density at radius 2 is 1.89 bits per heavy atom. The monoisotopic (exact) mass is 264 g/mol. The van der Waals surface area contributed by atoms with Gasteiger partial charge in [0.2, 0.25) is 0 Å². The lowest BCUT2D eigenvalue weighted by Crippen LogP contribution is -2.48. The molecule has 0 saturated heterocycles. The molecule has 5 N–H and O–H groups in total. The highest BCUT2D eigenvalue weighted by molar-refractivity contribution is 6.05. The Morgan fingerprint density at radius 3 is 2.37 bits per heavy atom. The fourth-order valence-corrected chi connectivity index (χ4v) is 1.99. The quantitative estimate of drug-likeness (QED) is 0.624. The molecule has 0 aromatic heterocycles. The minimum atomic E-state index is -1.51. The van der Waals surface area contributed by atoms with Crippen molar-refractivity contribution in [1.82, 2.24) is 0 Å². The zero-order valence-corrected chi connectivity index (χ0v) is 11.0. The number of aliphatic carboxylic acids is 1. The second kappa shape index (κ2) is 6.45. The van der Waals surface area contributed by atoms with E-state index in [9.17, 15) is 14.7 Å². The minimum absolute atomic E-state index is 0.0870. The number of nitrogens with two attached hydrogens (primary N) is 2. The van der Waals surface area contributed by atoms with E-state index in [1.165, 1.54) is 6.92 Å². The SMILES string of the molecule is CC(CCN)(C(=O)O)C(=O)[C@@H](N)Cc1ccccc1. The molecular weight excluding hydrogens is 244 g/mol. The number of carbonyl (C=O) groups excluding carboxylic acids is 1. The van der Waals surface area contributed by atoms with E-state index >= 15 is 0 Å². The van der Waals surface area contributed by atoms with Gasteiger partial charge in [0.15, 0.2) is 5.78 Å². The molecule has 0 aliphatic heterocycles. The van der Waals surface area contributed by atoms with Crippen molar-refractivity contribution in [1.29, 1.82) is 0 Å². The van der Waals surface area contributed by atoms with E-state index in [2.05, 4.69) is 0 Å². The average molecular weight is 264 g/mol. The van der Waals surface area contributed by atoms with E-state index in [0.29, 0.717) is 6.42 Å². The first kappa shape index (κ1) is 15.3. The Morgan fingerprint density at radius 1 is 1.32 bits per heavy atom. The van der Waals surface area contributed by atoms with Gasteiger partial charge in [0.25, 0.3) is 0 Å². The van der Waals surface area contributed by atoms with E-state index in [1.54, 1.807) is 0 Å². The van der Waals surface area contributed by atoms with Crippen LogP contribution in [0.5, 0.6) is 0 Å². The number of ketones is 1. The number of carboxylic acids is 1. The van der Waals surface area contributed by atoms with Crippen LogP contribution in [0.1, 0.15) is 18.9 Å². The smallest absolute Gasteiger partial charge is 0.317 e. The summed E-state index contributed by atoms with van der Waals surface area (Å²) in [5.74, 6) is -1.65. The summed E-state index contributed by atoms with van der Waals surface area (Å²) in [7, 11) is 0. The van der Waals surface area contributed by atoms with E-state index in [4.69, 9.17) is 11.5 Å². The number of hydrogen-bond acceptors (Lipinski definition) is 4. The van der Waals surface area contributed by atoms with Gasteiger partial charge in [-0.2, -0.15) is 0 Å². The second-order valence-electron chi connectivity index (χ2n) is 4.84. The predicted molar refractivity (Wildman–Crippen MR) is 72.5 cm³/mol. The number of rotatable bonds is 7. The zero-order valence-electron chi connectivity index (χ0n) is 11.0. The third-order valence-electron chi connectivity index (χ3n) is 3.30. The van der Waals surface area contributed by atoms with Crippen molar-refractivity contribution in [3.63, 3.8) is 0 Å². The lowest BCUT2D eigenvalue weighted by molar-refractivity contribution is -0.154. The van der Waals surface area contributed by atoms with Gasteiger partial charge >= 0.3 is 5.97 Å². The van der Waals surface area contributed by atoms with Gasteiger partial charge in [0.1, 0.15) is 5.41 Å². The Kier molecular flexibility index (Phi) is 5.20. The van der Waals surface area contributed by atoms with Crippen molar-refractivity contribution in [2.75, 3.05) is 6.54 Å². The maximum atomic E-state index is 12.2. The number of carboxylic acid groups (broad SMARTS) is 1. The summed E-state index contributed by atoms with van der Waals surface area (Å²) in [6.07, 6.45) is 0.413. The zero-order chi connectivity index (χ0) is 14.5. The van der Waals surface area contributed by atoms with Crippen LogP contribution >= 0.6 is 0 Å². The first-order valence-corrected chi connectivity index (χ1v) is 6.19. The molecule has 0 fully saturated rings. The molecule has 1 aromatic rings. The Bertz CT molecular complexity index is 447. The van der Waals surface area contributed by atoms with Gasteiger partial charge in [-0.05, 0) is 31.9 Å². The molecule has 0 bridgehead atoms. The van der Waals surface area contributed by atoms with Crippen LogP contribution in [0.25, 0.3) is 0 Å². The summed E-state index contributed by atoms with van der Waals surface area (Å²) in [4.78, 5) is 23.5. The van der Waals surface area contributed by atoms with Crippen molar-refractivity contribution < 1.29 is 14.7 Å². The van der Waals surface area contributed by atoms with Crippen LogP contribution in [0.2, 0.25) is 0 Å². The molecule has 0 saturated carbocycles. The highest BCUT2D eigenvalue weighted by Gasteiger charge is 2.42. The molecule has 0 radical (unpaired) electrons. The van der Waals surface area contributed by atoms with Gasteiger partial charge in [-0.25, -0.2) is 0 Å². The highest BCUT2D eigenvalue weighted by atomic mass is 16.4. The molecule has 5 heteroatoms. The molecule has 2 atom stereocenters. The summed E-state index contributed by atoms with van der Waals surface area (Å²) in [5.41, 5.74) is 10.6. The molecule has 19 heavy (non-hydrogen) atoms. The molecule has 1 unspecified atom stereocenters. The molecule has 104 valence electrons. The fraction of sp³-hybridized carbons (Fsp3) is 0.429. The maximum Gasteiger partial charge on any atom is 0.317 e. The van der Waals surface area contributed by atoms with Crippen molar-refractivity contribution in [2.24, 2.45) is 16.9 Å². The van der Waals surface area contributed by atoms with Crippen molar-refractivity contribution in [3.8, 4) is 0 Å². The van der Waals surface area contributed by atoms with E-state index in [0.717, 1.165) is 5.56 Å². The summed E-state index contributed by atoms with van der Waals surface area (Å²) in [6, 6.07) is 8.44. The van der Waals surface area contributed by atoms with Gasteiger partial charge in [-0.15, -0.1) is 0 Å². The predicted octanol–water partition coefficient (Wildman–Crippen LogP) is 0.565. The molecule has 1 aromatic carbocycles. The summed E-state index contributed by atoms with van der Waals surface area (Å²) in [5, 5.41) is 9.22. The first-order chi connectivity index (χ1) is 8.91. The van der Waals surface area contributed by atoms with E-state index in [1.807, 2.05) is 30.3 Å². The van der Waals surface area contributed by atoms with Crippen LogP contribution in [0, 0.1) is 5.41 Å². The van der Waals surface area contributed by atoms with Crippen molar-refractivity contribution in [3.05, 3.63) is 35.9 Å². The standard InChI is InChI=1S/C14H20N2O3/c1-14(7-8-15,13(18)19)12(17)11(16)9-10-5-3-2-4-6-10/h2-6,11H,7-9,15-16H2,1H3,(H,18,19)/t11-,14?/m0/s1. The lowest BCUT2D eigenvalue weighted by Gasteiger charge is -2.26. The van der Waals surface area contributed by atoms with Gasteiger partial charge in [0.05, 0.1) is 6.04 Å². The molecule has 1 rings (SSSR count). The normalized spacial score (nSPS) is 15.5. The van der Waals surface area contributed by atoms with Gasteiger partial charge in [-0.3, -0.25) is 9.59 Å². The first-order valence-electron chi connectivity index (χ1n) is 6.19. The molecule has 0 spiro atoms. The number of hydrogen-bond donors (Lipinski definition) is 3. The Labute approximate surface area is 112 Å². The van der Waals surface area contributed by atoms with Crippen LogP contribution in [-0.4, -0.2) is 29.4 Å². The molecule has 0 aliphatic rings. The summed E-state index contributed by atoms with van der Waals surface area (Å²) < 4.78 is 0. The van der Waals surface area contributed by atoms with Crippen LogP contribution in [0.15, 0.2) is 30.3 Å². The Balaban J connectivity index is 2.83. The van der Waals surface area contributed by atoms with Crippen molar-refractivity contribution >= 4 is 11.8 Å². The largest absolute Gasteiger partial charge is 0.481 e. The minimum Gasteiger partial charge on any atom is -0.481 e. The van der Waals surface area contributed by atoms with Gasteiger partial charge < -0.3 is 16.6 Å². The fourth-order valence-electron chi connectivity index (χ4n) is 1.99.